The van der Waals surface area contributed by atoms with E-state index in [0.717, 1.165) is 36.6 Å². The van der Waals surface area contributed by atoms with Crippen molar-refractivity contribution in [3.8, 4) is 11.5 Å². The summed E-state index contributed by atoms with van der Waals surface area (Å²) in [6.45, 7) is 4.45. The fourth-order valence-corrected chi connectivity index (χ4v) is 2.16. The van der Waals surface area contributed by atoms with Crippen LogP contribution in [0.2, 0.25) is 0 Å². The third-order valence-corrected chi connectivity index (χ3v) is 3.34. The second kappa shape index (κ2) is 8.45. The Morgan fingerprint density at radius 1 is 0.905 bits per heavy atom. The molecule has 0 fully saturated rings. The van der Waals surface area contributed by atoms with Crippen molar-refractivity contribution >= 4 is 0 Å². The molecule has 3 heteroatoms. The van der Waals surface area contributed by atoms with Crippen LogP contribution in [0.4, 0.5) is 0 Å². The van der Waals surface area contributed by atoms with Gasteiger partial charge in [-0.15, -0.1) is 0 Å². The lowest BCUT2D eigenvalue weighted by atomic mass is 10.1. The molecule has 0 aliphatic carbocycles. The van der Waals surface area contributed by atoms with Crippen LogP contribution >= 0.6 is 0 Å². The minimum Gasteiger partial charge on any atom is -0.457 e. The van der Waals surface area contributed by atoms with Crippen LogP contribution in [-0.2, 0) is 17.7 Å². The molecular weight excluding hydrogens is 262 g/mol. The highest BCUT2D eigenvalue weighted by Gasteiger charge is 2.06. The van der Waals surface area contributed by atoms with E-state index in [1.807, 2.05) is 36.4 Å². The van der Waals surface area contributed by atoms with E-state index in [0.29, 0.717) is 6.61 Å². The van der Waals surface area contributed by atoms with Crippen LogP contribution in [0.15, 0.2) is 48.5 Å². The summed E-state index contributed by atoms with van der Waals surface area (Å²) in [6.07, 6.45) is 0.963. The molecule has 2 rings (SSSR count). The molecule has 0 heterocycles. The average molecular weight is 285 g/mol. The highest BCUT2D eigenvalue weighted by Crippen LogP contribution is 2.28. The van der Waals surface area contributed by atoms with Gasteiger partial charge in [0.15, 0.2) is 0 Å². The van der Waals surface area contributed by atoms with E-state index in [1.54, 1.807) is 7.11 Å². The zero-order chi connectivity index (χ0) is 14.9. The Labute approximate surface area is 126 Å². The molecule has 3 nitrogen and oxygen atoms in total. The fraction of sp³-hybridized carbons (Fsp3) is 0.333. The molecule has 1 N–H and O–H groups in total. The fourth-order valence-electron chi connectivity index (χ4n) is 2.16. The predicted octanol–water partition coefficient (Wildman–Crippen LogP) is 3.78. The number of nitrogens with one attached hydrogen (secondary N) is 1. The molecule has 0 saturated carbocycles. The summed E-state index contributed by atoms with van der Waals surface area (Å²) in [5.41, 5.74) is 2.37. The summed E-state index contributed by atoms with van der Waals surface area (Å²) in [5.74, 6) is 1.84. The van der Waals surface area contributed by atoms with Gasteiger partial charge < -0.3 is 14.8 Å². The van der Waals surface area contributed by atoms with Crippen LogP contribution in [0.5, 0.6) is 11.5 Å². The first-order valence-electron chi connectivity index (χ1n) is 7.38. The smallest absolute Gasteiger partial charge is 0.131 e. The molecule has 0 bridgehead atoms. The largest absolute Gasteiger partial charge is 0.457 e. The zero-order valence-corrected chi connectivity index (χ0v) is 12.8. The molecule has 2 aromatic rings. The van der Waals surface area contributed by atoms with Gasteiger partial charge in [-0.05, 0) is 24.1 Å². The summed E-state index contributed by atoms with van der Waals surface area (Å²) in [4.78, 5) is 0. The number of ether oxygens (including phenoxy) is 2. The summed E-state index contributed by atoms with van der Waals surface area (Å²) in [6, 6.07) is 16.3. The molecule has 0 unspecified atom stereocenters. The summed E-state index contributed by atoms with van der Waals surface area (Å²) < 4.78 is 11.2. The van der Waals surface area contributed by atoms with Gasteiger partial charge in [-0.25, -0.2) is 0 Å². The number of rotatable bonds is 8. The molecule has 21 heavy (non-hydrogen) atoms. The van der Waals surface area contributed by atoms with Gasteiger partial charge in [-0.1, -0.05) is 43.3 Å². The van der Waals surface area contributed by atoms with Gasteiger partial charge in [0.25, 0.3) is 0 Å². The lowest BCUT2D eigenvalue weighted by Gasteiger charge is -2.14. The Morgan fingerprint density at radius 2 is 1.52 bits per heavy atom. The van der Waals surface area contributed by atoms with Gasteiger partial charge in [-0.3, -0.25) is 0 Å². The highest BCUT2D eigenvalue weighted by atomic mass is 16.5. The van der Waals surface area contributed by atoms with Crippen molar-refractivity contribution in [2.75, 3.05) is 20.3 Å². The van der Waals surface area contributed by atoms with Crippen molar-refractivity contribution in [1.29, 1.82) is 0 Å². The van der Waals surface area contributed by atoms with Gasteiger partial charge in [0.05, 0.1) is 6.61 Å². The molecule has 0 atom stereocenters. The van der Waals surface area contributed by atoms with Gasteiger partial charge in [0, 0.05) is 25.8 Å². The van der Waals surface area contributed by atoms with E-state index in [9.17, 15) is 0 Å². The van der Waals surface area contributed by atoms with Crippen LogP contribution < -0.4 is 10.1 Å². The Morgan fingerprint density at radius 3 is 2.19 bits per heavy atom. The quantitative estimate of drug-likeness (QED) is 0.749. The second-order valence-corrected chi connectivity index (χ2v) is 4.84. The number of hydrogen-bond donors (Lipinski definition) is 1. The Balaban J connectivity index is 2.09. The zero-order valence-electron chi connectivity index (χ0n) is 12.8. The molecule has 0 spiro atoms. The van der Waals surface area contributed by atoms with Crippen LogP contribution in [0.25, 0.3) is 0 Å². The molecule has 0 saturated heterocycles. The molecule has 0 radical (unpaired) electrons. The standard InChI is InChI=1S/C18H23NO2/c1-3-15-8-4-6-10-17(15)21-18-11-7-5-9-16(18)14-19-12-13-20-2/h4-11,19H,3,12-14H2,1-2H3. The topological polar surface area (TPSA) is 30.5 Å². The lowest BCUT2D eigenvalue weighted by molar-refractivity contribution is 0.199. The maximum absolute atomic E-state index is 6.12. The third-order valence-electron chi connectivity index (χ3n) is 3.34. The van der Waals surface area contributed by atoms with Crippen molar-refractivity contribution < 1.29 is 9.47 Å². The van der Waals surface area contributed by atoms with E-state index >= 15 is 0 Å². The monoisotopic (exact) mass is 285 g/mol. The maximum atomic E-state index is 6.12. The van der Waals surface area contributed by atoms with E-state index in [4.69, 9.17) is 9.47 Å². The normalized spacial score (nSPS) is 10.6. The number of aryl methyl sites for hydroxylation is 1. The second-order valence-electron chi connectivity index (χ2n) is 4.84. The van der Waals surface area contributed by atoms with Gasteiger partial charge in [0.1, 0.15) is 11.5 Å². The molecule has 112 valence electrons. The summed E-state index contributed by atoms with van der Waals surface area (Å²) in [5, 5.41) is 3.35. The van der Waals surface area contributed by atoms with Crippen LogP contribution in [0, 0.1) is 0 Å². The van der Waals surface area contributed by atoms with E-state index in [-0.39, 0.29) is 0 Å². The number of para-hydroxylation sites is 2. The highest BCUT2D eigenvalue weighted by molar-refractivity contribution is 5.41. The van der Waals surface area contributed by atoms with E-state index in [2.05, 4.69) is 24.4 Å². The third kappa shape index (κ3) is 4.59. The summed E-state index contributed by atoms with van der Waals surface area (Å²) >= 11 is 0. The first kappa shape index (κ1) is 15.5. The van der Waals surface area contributed by atoms with Gasteiger partial charge >= 0.3 is 0 Å². The maximum Gasteiger partial charge on any atom is 0.131 e. The van der Waals surface area contributed by atoms with Crippen LogP contribution in [0.3, 0.4) is 0 Å². The Bertz CT molecular complexity index is 554. The van der Waals surface area contributed by atoms with Crippen molar-refractivity contribution in [2.24, 2.45) is 0 Å². The SMILES string of the molecule is CCc1ccccc1Oc1ccccc1CNCCOC. The summed E-state index contributed by atoms with van der Waals surface area (Å²) in [7, 11) is 1.71. The lowest BCUT2D eigenvalue weighted by Crippen LogP contribution is -2.18. The van der Waals surface area contributed by atoms with Crippen LogP contribution in [-0.4, -0.2) is 20.3 Å². The molecule has 0 aliphatic rings. The number of methoxy groups -OCH3 is 1. The predicted molar refractivity (Wildman–Crippen MR) is 85.9 cm³/mol. The van der Waals surface area contributed by atoms with E-state index < -0.39 is 0 Å². The molecular formula is C18H23NO2. The average Bonchev–Trinajstić information content (AvgIpc) is 2.53. The van der Waals surface area contributed by atoms with Crippen molar-refractivity contribution in [1.82, 2.24) is 5.32 Å². The Kier molecular flexibility index (Phi) is 6.25. The van der Waals surface area contributed by atoms with Gasteiger partial charge in [-0.2, -0.15) is 0 Å². The minimum atomic E-state index is 0.710. The number of benzene rings is 2. The molecule has 0 aliphatic heterocycles. The van der Waals surface area contributed by atoms with Gasteiger partial charge in [0.2, 0.25) is 0 Å². The first-order valence-corrected chi connectivity index (χ1v) is 7.38. The van der Waals surface area contributed by atoms with E-state index in [1.165, 1.54) is 5.56 Å². The number of hydrogen-bond acceptors (Lipinski definition) is 3. The molecule has 2 aromatic carbocycles. The first-order chi connectivity index (χ1) is 10.3. The van der Waals surface area contributed by atoms with Crippen LogP contribution in [0.1, 0.15) is 18.1 Å². The molecule has 0 aromatic heterocycles. The van der Waals surface area contributed by atoms with Crippen molar-refractivity contribution in [2.45, 2.75) is 19.9 Å². The van der Waals surface area contributed by atoms with Crippen molar-refractivity contribution in [3.63, 3.8) is 0 Å². The minimum absolute atomic E-state index is 0.710. The Hall–Kier alpha value is -1.84. The molecule has 0 amide bonds. The van der Waals surface area contributed by atoms with Crippen molar-refractivity contribution in [3.05, 3.63) is 59.7 Å².